The molecule has 114 valence electrons. The number of carbonyl (C=O) groups excluding carboxylic acids is 1. The molecule has 1 fully saturated rings. The number of ether oxygens (including phenoxy) is 1. The normalized spacial score (nSPS) is 17.7. The fourth-order valence-corrected chi connectivity index (χ4v) is 2.88. The molecule has 1 aliphatic heterocycles. The van der Waals surface area contributed by atoms with Gasteiger partial charge in [0.25, 0.3) is 0 Å². The number of cyclic esters (lactones) is 1. The first kappa shape index (κ1) is 14.8. The largest absolute Gasteiger partial charge is 0.465 e. The van der Waals surface area contributed by atoms with E-state index >= 15 is 0 Å². The molecule has 1 heterocycles. The van der Waals surface area contributed by atoms with Gasteiger partial charge in [-0.2, -0.15) is 0 Å². The summed E-state index contributed by atoms with van der Waals surface area (Å²) < 4.78 is 5.10. The van der Waals surface area contributed by atoms with Crippen LogP contribution in [0.5, 0.6) is 0 Å². The molecule has 1 saturated heterocycles. The lowest BCUT2D eigenvalue weighted by Crippen LogP contribution is -2.30. The third-order valence-electron chi connectivity index (χ3n) is 4.02. The average Bonchev–Trinajstić information content (AvgIpc) is 2.94. The molecule has 2 aromatic carbocycles. The summed E-state index contributed by atoms with van der Waals surface area (Å²) in [6.45, 7) is 3.01. The predicted molar refractivity (Wildman–Crippen MR) is 86.1 cm³/mol. The van der Waals surface area contributed by atoms with Crippen LogP contribution in [0.2, 0.25) is 0 Å². The fourth-order valence-electron chi connectivity index (χ4n) is 2.88. The Labute approximate surface area is 131 Å². The third kappa shape index (κ3) is 3.95. The second kappa shape index (κ2) is 7.23. The molecule has 3 heteroatoms. The maximum Gasteiger partial charge on any atom is 0.310 e. The van der Waals surface area contributed by atoms with E-state index < -0.39 is 0 Å². The minimum atomic E-state index is -0.0499. The number of esters is 1. The highest BCUT2D eigenvalue weighted by molar-refractivity contribution is 5.74. The van der Waals surface area contributed by atoms with E-state index in [1.165, 1.54) is 11.1 Å². The van der Waals surface area contributed by atoms with Gasteiger partial charge < -0.3 is 4.74 Å². The standard InChI is InChI=1S/C19H21NO2/c21-19-18(11-12-22-19)15-20(13-16-7-3-1-4-8-16)14-17-9-5-2-6-10-17/h1-10,18H,11-15H2. The highest BCUT2D eigenvalue weighted by Gasteiger charge is 2.28. The van der Waals surface area contributed by atoms with Gasteiger partial charge in [-0.3, -0.25) is 9.69 Å². The van der Waals surface area contributed by atoms with Crippen LogP contribution in [0.4, 0.5) is 0 Å². The summed E-state index contributed by atoms with van der Waals surface area (Å²) >= 11 is 0. The molecular formula is C19H21NO2. The van der Waals surface area contributed by atoms with Crippen molar-refractivity contribution in [2.45, 2.75) is 19.5 Å². The summed E-state index contributed by atoms with van der Waals surface area (Å²) in [4.78, 5) is 14.1. The van der Waals surface area contributed by atoms with E-state index in [1.54, 1.807) is 0 Å². The molecule has 1 atom stereocenters. The van der Waals surface area contributed by atoms with Gasteiger partial charge in [0.15, 0.2) is 0 Å². The molecular weight excluding hydrogens is 274 g/mol. The quantitative estimate of drug-likeness (QED) is 0.766. The molecule has 0 amide bonds. The lowest BCUT2D eigenvalue weighted by Gasteiger charge is -2.24. The molecule has 0 spiro atoms. The molecule has 1 aliphatic rings. The lowest BCUT2D eigenvalue weighted by molar-refractivity contribution is -0.141. The van der Waals surface area contributed by atoms with Crippen LogP contribution in [-0.4, -0.2) is 24.0 Å². The van der Waals surface area contributed by atoms with Crippen LogP contribution < -0.4 is 0 Å². The first-order valence-electron chi connectivity index (χ1n) is 7.78. The van der Waals surface area contributed by atoms with Gasteiger partial charge in [-0.05, 0) is 17.5 Å². The van der Waals surface area contributed by atoms with E-state index in [0.717, 1.165) is 26.1 Å². The number of hydrogen-bond donors (Lipinski definition) is 0. The Hall–Kier alpha value is -2.13. The van der Waals surface area contributed by atoms with E-state index in [4.69, 9.17) is 4.74 Å². The van der Waals surface area contributed by atoms with Gasteiger partial charge >= 0.3 is 5.97 Å². The van der Waals surface area contributed by atoms with Crippen molar-refractivity contribution in [3.63, 3.8) is 0 Å². The second-order valence-electron chi connectivity index (χ2n) is 5.79. The van der Waals surface area contributed by atoms with Crippen molar-refractivity contribution >= 4 is 5.97 Å². The van der Waals surface area contributed by atoms with Gasteiger partial charge in [0.05, 0.1) is 12.5 Å². The molecule has 0 aliphatic carbocycles. The second-order valence-corrected chi connectivity index (χ2v) is 5.79. The minimum absolute atomic E-state index is 0.00687. The zero-order valence-electron chi connectivity index (χ0n) is 12.7. The minimum Gasteiger partial charge on any atom is -0.465 e. The van der Waals surface area contributed by atoms with Crippen molar-refractivity contribution in [3.8, 4) is 0 Å². The van der Waals surface area contributed by atoms with Gasteiger partial charge in [-0.25, -0.2) is 0 Å². The zero-order chi connectivity index (χ0) is 15.2. The number of carbonyl (C=O) groups is 1. The van der Waals surface area contributed by atoms with Crippen molar-refractivity contribution in [3.05, 3.63) is 71.8 Å². The highest BCUT2D eigenvalue weighted by Crippen LogP contribution is 2.19. The Balaban J connectivity index is 1.71. The topological polar surface area (TPSA) is 29.5 Å². The number of rotatable bonds is 6. The van der Waals surface area contributed by atoms with Crippen molar-refractivity contribution in [2.24, 2.45) is 5.92 Å². The summed E-state index contributed by atoms with van der Waals surface area (Å²) in [7, 11) is 0. The zero-order valence-corrected chi connectivity index (χ0v) is 12.7. The molecule has 0 aromatic heterocycles. The molecule has 0 radical (unpaired) electrons. The first-order valence-corrected chi connectivity index (χ1v) is 7.78. The molecule has 0 saturated carbocycles. The maximum absolute atomic E-state index is 11.8. The average molecular weight is 295 g/mol. The van der Waals surface area contributed by atoms with E-state index in [0.29, 0.717) is 6.61 Å². The molecule has 3 nitrogen and oxygen atoms in total. The first-order chi connectivity index (χ1) is 10.8. The van der Waals surface area contributed by atoms with E-state index in [-0.39, 0.29) is 11.9 Å². The summed E-state index contributed by atoms with van der Waals surface area (Å²) in [6.07, 6.45) is 0.832. The number of nitrogens with zero attached hydrogens (tertiary/aromatic N) is 1. The summed E-state index contributed by atoms with van der Waals surface area (Å²) in [5.41, 5.74) is 2.54. The fraction of sp³-hybridized carbons (Fsp3) is 0.316. The maximum atomic E-state index is 11.8. The summed E-state index contributed by atoms with van der Waals surface area (Å²) in [6, 6.07) is 20.8. The number of hydrogen-bond acceptors (Lipinski definition) is 3. The number of benzene rings is 2. The molecule has 0 N–H and O–H groups in total. The smallest absolute Gasteiger partial charge is 0.310 e. The van der Waals surface area contributed by atoms with Crippen molar-refractivity contribution in [2.75, 3.05) is 13.2 Å². The SMILES string of the molecule is O=C1OCCC1CN(Cc1ccccc1)Cc1ccccc1. The van der Waals surface area contributed by atoms with Crippen molar-refractivity contribution in [1.29, 1.82) is 0 Å². The lowest BCUT2D eigenvalue weighted by atomic mass is 10.1. The monoisotopic (exact) mass is 295 g/mol. The summed E-state index contributed by atoms with van der Waals surface area (Å²) in [5, 5.41) is 0. The van der Waals surface area contributed by atoms with Gasteiger partial charge in [0.1, 0.15) is 0 Å². The summed E-state index contributed by atoms with van der Waals surface area (Å²) in [5.74, 6) is -0.0430. The Morgan fingerprint density at radius 2 is 1.45 bits per heavy atom. The molecule has 2 aromatic rings. The highest BCUT2D eigenvalue weighted by atomic mass is 16.5. The van der Waals surface area contributed by atoms with Crippen LogP contribution in [0.15, 0.2) is 60.7 Å². The molecule has 3 rings (SSSR count). The molecule has 22 heavy (non-hydrogen) atoms. The molecule has 0 bridgehead atoms. The molecule has 1 unspecified atom stereocenters. The van der Waals surface area contributed by atoms with Crippen LogP contribution in [0, 0.1) is 5.92 Å². The Morgan fingerprint density at radius 1 is 0.909 bits per heavy atom. The van der Waals surface area contributed by atoms with Crippen LogP contribution >= 0.6 is 0 Å². The van der Waals surface area contributed by atoms with Crippen LogP contribution in [0.3, 0.4) is 0 Å². The van der Waals surface area contributed by atoms with Crippen LogP contribution in [-0.2, 0) is 22.6 Å². The van der Waals surface area contributed by atoms with Gasteiger partial charge in [0, 0.05) is 19.6 Å². The van der Waals surface area contributed by atoms with E-state index in [9.17, 15) is 4.79 Å². The van der Waals surface area contributed by atoms with Crippen molar-refractivity contribution < 1.29 is 9.53 Å². The Kier molecular flexibility index (Phi) is 4.86. The van der Waals surface area contributed by atoms with Crippen LogP contribution in [0.25, 0.3) is 0 Å². The van der Waals surface area contributed by atoms with Gasteiger partial charge in [0.2, 0.25) is 0 Å². The van der Waals surface area contributed by atoms with Gasteiger partial charge in [-0.15, -0.1) is 0 Å². The predicted octanol–water partition coefficient (Wildman–Crippen LogP) is 3.25. The van der Waals surface area contributed by atoms with Crippen LogP contribution in [0.1, 0.15) is 17.5 Å². The van der Waals surface area contributed by atoms with Gasteiger partial charge in [-0.1, -0.05) is 60.7 Å². The van der Waals surface area contributed by atoms with E-state index in [2.05, 4.69) is 53.4 Å². The van der Waals surface area contributed by atoms with Crippen molar-refractivity contribution in [1.82, 2.24) is 4.90 Å². The third-order valence-corrected chi connectivity index (χ3v) is 4.02. The Bertz CT molecular complexity index is 556. The Morgan fingerprint density at radius 3 is 1.91 bits per heavy atom. The van der Waals surface area contributed by atoms with E-state index in [1.807, 2.05) is 12.1 Å².